The third-order valence-electron chi connectivity index (χ3n) is 16.7. The number of anilines is 2. The number of fused-ring (bicyclic) bond motifs is 16. The lowest BCUT2D eigenvalue weighted by molar-refractivity contribution is 0.262. The summed E-state index contributed by atoms with van der Waals surface area (Å²) in [4.78, 5) is 15.2. The summed E-state index contributed by atoms with van der Waals surface area (Å²) in [5.41, 5.74) is 17.9. The number of benzene rings is 8. The summed E-state index contributed by atoms with van der Waals surface area (Å²) in [6.07, 6.45) is 11.2. The van der Waals surface area contributed by atoms with Gasteiger partial charge in [-0.2, -0.15) is 0 Å². The summed E-state index contributed by atoms with van der Waals surface area (Å²) in [7, 11) is 0. The first-order valence-corrected chi connectivity index (χ1v) is 34.2. The first-order valence-electron chi connectivity index (χ1n) is 34.2. The Bertz CT molecular complexity index is 3330. The van der Waals surface area contributed by atoms with Gasteiger partial charge >= 0.3 is 6.03 Å². The Kier molecular flexibility index (Phi) is 23.9. The molecule has 2 aliphatic carbocycles. The van der Waals surface area contributed by atoms with Gasteiger partial charge in [0, 0.05) is 85.0 Å². The van der Waals surface area contributed by atoms with Crippen molar-refractivity contribution in [3.05, 3.63) is 222 Å². The molecule has 11 nitrogen and oxygen atoms in total. The molecular formula is C81H96N2O9. The van der Waals surface area contributed by atoms with Crippen molar-refractivity contribution < 1.29 is 42.7 Å². The smallest absolute Gasteiger partial charge is 0.323 e. The van der Waals surface area contributed by atoms with E-state index in [1.807, 2.05) is 0 Å². The molecule has 0 atom stereocenters. The molecular weight excluding hydrogens is 1140 g/mol. The average Bonchev–Trinajstić information content (AvgIpc) is 0.822. The molecule has 16 bridgehead atoms. The van der Waals surface area contributed by atoms with Crippen LogP contribution in [0.25, 0.3) is 0 Å². The van der Waals surface area contributed by atoms with Gasteiger partial charge in [-0.25, -0.2) is 4.79 Å². The lowest BCUT2D eigenvalue weighted by atomic mass is 9.91. The molecule has 484 valence electrons. The van der Waals surface area contributed by atoms with Crippen LogP contribution in [0.2, 0.25) is 0 Å². The fourth-order valence-electron chi connectivity index (χ4n) is 12.7. The van der Waals surface area contributed by atoms with Gasteiger partial charge in [-0.05, 0) is 142 Å². The van der Waals surface area contributed by atoms with Gasteiger partial charge in [0.25, 0.3) is 0 Å². The van der Waals surface area contributed by atoms with Crippen molar-refractivity contribution in [1.82, 2.24) is 0 Å². The van der Waals surface area contributed by atoms with Crippen molar-refractivity contribution >= 4 is 17.4 Å². The third-order valence-corrected chi connectivity index (χ3v) is 16.7. The number of hydrogen-bond acceptors (Lipinski definition) is 9. The van der Waals surface area contributed by atoms with Crippen molar-refractivity contribution in [2.45, 2.75) is 158 Å². The molecule has 2 aliphatic rings. The summed E-state index contributed by atoms with van der Waals surface area (Å²) in [5.74, 6) is 6.88. The number of carbonyl (C=O) groups is 1. The zero-order valence-corrected chi connectivity index (χ0v) is 55.8. The fraction of sp³-hybridized carbons (Fsp3) is 0.395. The minimum Gasteiger partial charge on any atom is -0.493 e. The Morgan fingerprint density at radius 2 is 0.391 bits per heavy atom. The number of nitrogens with one attached hydrogen (secondary N) is 2. The van der Waals surface area contributed by atoms with Crippen LogP contribution in [-0.4, -0.2) is 58.9 Å². The molecule has 0 spiro atoms. The van der Waals surface area contributed by atoms with Crippen LogP contribution in [0.1, 0.15) is 196 Å². The minimum absolute atomic E-state index is 0.386. The molecule has 0 heterocycles. The Balaban J connectivity index is 1.11. The van der Waals surface area contributed by atoms with Crippen LogP contribution in [-0.2, 0) is 51.4 Å². The van der Waals surface area contributed by atoms with Crippen molar-refractivity contribution in [3.63, 3.8) is 0 Å². The minimum atomic E-state index is -0.386. The Labute approximate surface area is 547 Å². The lowest BCUT2D eigenvalue weighted by Crippen LogP contribution is -2.20. The molecule has 0 aliphatic heterocycles. The van der Waals surface area contributed by atoms with Crippen LogP contribution < -0.4 is 48.5 Å². The highest BCUT2D eigenvalue weighted by Gasteiger charge is 2.26. The van der Waals surface area contributed by atoms with Crippen molar-refractivity contribution in [3.8, 4) is 46.0 Å². The monoisotopic (exact) mass is 1240 g/mol. The Morgan fingerprint density at radius 1 is 0.250 bits per heavy atom. The van der Waals surface area contributed by atoms with Gasteiger partial charge in [0.1, 0.15) is 46.0 Å². The van der Waals surface area contributed by atoms with E-state index >= 15 is 4.79 Å². The highest BCUT2D eigenvalue weighted by Crippen LogP contribution is 2.43. The maximum Gasteiger partial charge on any atom is 0.323 e. The number of para-hydroxylation sites is 6. The van der Waals surface area contributed by atoms with E-state index in [0.29, 0.717) is 116 Å². The average molecular weight is 1240 g/mol. The van der Waals surface area contributed by atoms with E-state index < -0.39 is 0 Å². The lowest BCUT2D eigenvalue weighted by Gasteiger charge is -2.24. The van der Waals surface area contributed by atoms with Gasteiger partial charge in [0.15, 0.2) is 0 Å². The Morgan fingerprint density at radius 3 is 0.543 bits per heavy atom. The number of carbonyl (C=O) groups excluding carboxylic acids is 1. The van der Waals surface area contributed by atoms with Gasteiger partial charge in [-0.3, -0.25) is 0 Å². The molecule has 2 amide bonds. The topological polar surface area (TPSA) is 115 Å². The van der Waals surface area contributed by atoms with E-state index in [1.54, 1.807) is 0 Å². The molecule has 0 unspecified atom stereocenters. The molecule has 0 saturated carbocycles. The van der Waals surface area contributed by atoms with Crippen molar-refractivity contribution in [1.29, 1.82) is 0 Å². The summed E-state index contributed by atoms with van der Waals surface area (Å²) in [6.45, 7) is 21.6. The zero-order chi connectivity index (χ0) is 64.2. The Hall–Kier alpha value is -8.57. The molecule has 92 heavy (non-hydrogen) atoms. The predicted molar refractivity (Wildman–Crippen MR) is 373 cm³/mol. The molecule has 0 aromatic heterocycles. The van der Waals surface area contributed by atoms with Gasteiger partial charge < -0.3 is 48.5 Å². The van der Waals surface area contributed by atoms with Crippen molar-refractivity contribution in [2.75, 3.05) is 63.5 Å². The first kappa shape index (κ1) is 66.4. The van der Waals surface area contributed by atoms with Gasteiger partial charge in [0.05, 0.1) is 52.9 Å². The van der Waals surface area contributed by atoms with E-state index in [0.717, 1.165) is 186 Å². The van der Waals surface area contributed by atoms with E-state index in [9.17, 15) is 0 Å². The largest absolute Gasteiger partial charge is 0.493 e. The van der Waals surface area contributed by atoms with Crippen LogP contribution in [0, 0.1) is 0 Å². The molecule has 10 rings (SSSR count). The standard InChI is InChI=1S/C81H96N2O9/c1-9-35-85-73-55-23-17-24-56(73)44-60-28-20-32-64(76(60)88-38-12-4)48-68-52-71(51-67(79(68)91-41-15-7)47-63-31-19-27-59(43-55)75(63)87-37-11-3)82-81(84)83-72-53-69-49-65-33-21-29-61(77(65)89-39-13-5)45-57-25-18-26-58(74(57)86-36-10-2)46-62-30-22-34-66(78(62)90-40-14-6)50-70(54-72)80(69)92-42-16-8/h17-34,51-54H,9-16,35-50H2,1-8H3,(H2,82,83,84). The summed E-state index contributed by atoms with van der Waals surface area (Å²) >= 11 is 0. The van der Waals surface area contributed by atoms with Crippen LogP contribution in [0.5, 0.6) is 46.0 Å². The molecule has 2 N–H and O–H groups in total. The molecule has 8 aromatic rings. The normalized spacial score (nSPS) is 12.5. The van der Waals surface area contributed by atoms with Gasteiger partial charge in [0.2, 0.25) is 0 Å². The second-order valence-corrected chi connectivity index (χ2v) is 24.5. The molecule has 11 heteroatoms. The molecule has 8 aromatic carbocycles. The highest BCUT2D eigenvalue weighted by atomic mass is 16.5. The zero-order valence-electron chi connectivity index (χ0n) is 55.8. The van der Waals surface area contributed by atoms with Crippen molar-refractivity contribution in [2.24, 2.45) is 0 Å². The van der Waals surface area contributed by atoms with E-state index in [2.05, 4.69) is 199 Å². The summed E-state index contributed by atoms with van der Waals surface area (Å²) in [6, 6.07) is 46.9. The summed E-state index contributed by atoms with van der Waals surface area (Å²) < 4.78 is 54.5. The maximum atomic E-state index is 15.2. The molecule has 0 fully saturated rings. The van der Waals surface area contributed by atoms with Crippen LogP contribution in [0.3, 0.4) is 0 Å². The van der Waals surface area contributed by atoms with E-state index in [1.165, 1.54) is 0 Å². The first-order chi connectivity index (χ1) is 45.2. The number of urea groups is 1. The second-order valence-electron chi connectivity index (χ2n) is 24.5. The molecule has 0 saturated heterocycles. The van der Waals surface area contributed by atoms with E-state index in [4.69, 9.17) is 37.9 Å². The SMILES string of the molecule is CCCOc1c2cccc1Cc1cccc(c1OCCC)Cc1cc(NC(=O)Nc3cc4c(OCCC)c(c3)Cc3cccc(c3OCCC)Cc3cccc(c3OCCC)Cc3cccc(c3OCCC)C4)cc(c1OCCC)Cc1cccc(c1OCCC)C2. The highest BCUT2D eigenvalue weighted by molar-refractivity contribution is 6.00. The maximum absolute atomic E-state index is 15.2. The fourth-order valence-corrected chi connectivity index (χ4v) is 12.7. The van der Waals surface area contributed by atoms with Gasteiger partial charge in [-0.1, -0.05) is 165 Å². The van der Waals surface area contributed by atoms with E-state index in [-0.39, 0.29) is 6.03 Å². The van der Waals surface area contributed by atoms with Crippen LogP contribution >= 0.6 is 0 Å². The number of amides is 2. The third kappa shape index (κ3) is 16.4. The molecule has 0 radical (unpaired) electrons. The predicted octanol–water partition coefficient (Wildman–Crippen LogP) is 19.0. The van der Waals surface area contributed by atoms with Crippen LogP contribution in [0.15, 0.2) is 133 Å². The van der Waals surface area contributed by atoms with Crippen LogP contribution in [0.4, 0.5) is 16.2 Å². The number of ether oxygens (including phenoxy) is 8. The number of rotatable bonds is 26. The summed E-state index contributed by atoms with van der Waals surface area (Å²) in [5, 5.41) is 6.73. The second kappa shape index (κ2) is 33.1. The number of hydrogen-bond donors (Lipinski definition) is 2. The van der Waals surface area contributed by atoms with Gasteiger partial charge in [-0.15, -0.1) is 0 Å². The quantitative estimate of drug-likeness (QED) is 0.0547.